The third-order valence-electron chi connectivity index (χ3n) is 5.00. The van der Waals surface area contributed by atoms with Crippen molar-refractivity contribution in [3.8, 4) is 11.5 Å². The number of fused-ring (bicyclic) bond motifs is 3. The van der Waals surface area contributed by atoms with E-state index in [1.165, 1.54) is 0 Å². The largest absolute Gasteiger partial charge is 0.497 e. The van der Waals surface area contributed by atoms with E-state index in [-0.39, 0.29) is 12.3 Å². The summed E-state index contributed by atoms with van der Waals surface area (Å²) in [5, 5.41) is 11.9. The number of benzene rings is 2. The molecule has 0 saturated carbocycles. The molecule has 0 aliphatic carbocycles. The number of halogens is 1. The quantitative estimate of drug-likeness (QED) is 0.573. The Kier molecular flexibility index (Phi) is 4.06. The van der Waals surface area contributed by atoms with Crippen LogP contribution in [0.1, 0.15) is 35.4 Å². The molecule has 0 saturated heterocycles. The van der Waals surface area contributed by atoms with E-state index in [2.05, 4.69) is 34.0 Å². The van der Waals surface area contributed by atoms with Crippen molar-refractivity contribution in [3.05, 3.63) is 81.0 Å². The lowest BCUT2D eigenvalue weighted by Gasteiger charge is -2.37. The maximum Gasteiger partial charge on any atom is 0.214 e. The molecule has 3 aromatic rings. The first kappa shape index (κ1) is 16.7. The van der Waals surface area contributed by atoms with Crippen LogP contribution in [0.3, 0.4) is 0 Å². The molecule has 0 spiro atoms. The van der Waals surface area contributed by atoms with E-state index in [4.69, 9.17) is 26.2 Å². The Balaban J connectivity index is 1.57. The molecule has 1 aromatic heterocycles. The lowest BCUT2D eigenvalue weighted by atomic mass is 9.96. The fourth-order valence-electron chi connectivity index (χ4n) is 3.65. The molecule has 0 unspecified atom stereocenters. The number of thiophene rings is 1. The van der Waals surface area contributed by atoms with Gasteiger partial charge >= 0.3 is 0 Å². The second-order valence-electron chi connectivity index (χ2n) is 6.58. The Hall–Kier alpha value is -2.50. The third-order valence-corrected chi connectivity index (χ3v) is 5.94. The Morgan fingerprint density at radius 2 is 2.04 bits per heavy atom. The molecule has 2 aliphatic rings. The summed E-state index contributed by atoms with van der Waals surface area (Å²) in [6, 6.07) is 16.1. The highest BCUT2D eigenvalue weighted by molar-refractivity contribution is 7.07. The summed E-state index contributed by atoms with van der Waals surface area (Å²) in [6.45, 7) is 0. The van der Waals surface area contributed by atoms with Crippen molar-refractivity contribution in [1.82, 2.24) is 5.01 Å². The van der Waals surface area contributed by atoms with Gasteiger partial charge < -0.3 is 9.47 Å². The van der Waals surface area contributed by atoms with Crippen LogP contribution < -0.4 is 9.47 Å². The van der Waals surface area contributed by atoms with Crippen molar-refractivity contribution in [2.24, 2.45) is 5.10 Å². The maximum atomic E-state index is 6.31. The van der Waals surface area contributed by atoms with Crippen LogP contribution in [0.5, 0.6) is 11.5 Å². The van der Waals surface area contributed by atoms with Gasteiger partial charge in [-0.1, -0.05) is 11.6 Å². The number of hydrazone groups is 1. The number of ether oxygens (including phenoxy) is 2. The van der Waals surface area contributed by atoms with E-state index < -0.39 is 0 Å². The van der Waals surface area contributed by atoms with E-state index in [0.717, 1.165) is 40.3 Å². The smallest absolute Gasteiger partial charge is 0.214 e. The molecule has 0 amide bonds. The molecule has 27 heavy (non-hydrogen) atoms. The lowest BCUT2D eigenvalue weighted by Crippen LogP contribution is -2.33. The zero-order valence-corrected chi connectivity index (χ0v) is 16.2. The molecular weight excluding hydrogens is 380 g/mol. The van der Waals surface area contributed by atoms with Crippen LogP contribution in [0.2, 0.25) is 5.02 Å². The van der Waals surface area contributed by atoms with Gasteiger partial charge in [-0.3, -0.25) is 0 Å². The highest BCUT2D eigenvalue weighted by Crippen LogP contribution is 2.48. The number of hydrogen-bond acceptors (Lipinski definition) is 5. The van der Waals surface area contributed by atoms with E-state index >= 15 is 0 Å². The minimum absolute atomic E-state index is 0.106. The summed E-state index contributed by atoms with van der Waals surface area (Å²) in [5.74, 6) is 1.72. The molecule has 5 rings (SSSR count). The molecule has 2 aromatic carbocycles. The van der Waals surface area contributed by atoms with Crippen molar-refractivity contribution in [1.29, 1.82) is 0 Å². The molecule has 6 heteroatoms. The molecule has 0 N–H and O–H groups in total. The van der Waals surface area contributed by atoms with Gasteiger partial charge in [-0.05, 0) is 64.9 Å². The van der Waals surface area contributed by atoms with E-state index in [1.54, 1.807) is 18.4 Å². The minimum atomic E-state index is -0.231. The van der Waals surface area contributed by atoms with Gasteiger partial charge in [0.2, 0.25) is 6.23 Å². The number of hydrogen-bond donors (Lipinski definition) is 0. The molecule has 4 nitrogen and oxygen atoms in total. The summed E-state index contributed by atoms with van der Waals surface area (Å²) in [4.78, 5) is 0. The van der Waals surface area contributed by atoms with Gasteiger partial charge in [0.05, 0.1) is 18.9 Å². The van der Waals surface area contributed by atoms with Crippen LogP contribution in [0.15, 0.2) is 64.4 Å². The van der Waals surface area contributed by atoms with Gasteiger partial charge in [-0.15, -0.1) is 0 Å². The zero-order chi connectivity index (χ0) is 18.4. The van der Waals surface area contributed by atoms with Crippen molar-refractivity contribution < 1.29 is 9.47 Å². The number of nitrogens with zero attached hydrogens (tertiary/aromatic N) is 2. The molecule has 0 fully saturated rings. The predicted octanol–water partition coefficient (Wildman–Crippen LogP) is 5.65. The van der Waals surface area contributed by atoms with Crippen LogP contribution in [0.25, 0.3) is 0 Å². The van der Waals surface area contributed by atoms with E-state index in [0.29, 0.717) is 5.02 Å². The summed E-state index contributed by atoms with van der Waals surface area (Å²) in [7, 11) is 1.67. The van der Waals surface area contributed by atoms with Gasteiger partial charge in [0.25, 0.3) is 0 Å². The predicted molar refractivity (Wildman–Crippen MR) is 108 cm³/mol. The van der Waals surface area contributed by atoms with Crippen molar-refractivity contribution in [2.45, 2.75) is 18.7 Å². The van der Waals surface area contributed by atoms with Crippen molar-refractivity contribution in [2.75, 3.05) is 7.11 Å². The lowest BCUT2D eigenvalue weighted by molar-refractivity contribution is -0.0187. The zero-order valence-electron chi connectivity index (χ0n) is 14.6. The first-order valence-corrected chi connectivity index (χ1v) is 10.0. The second kappa shape index (κ2) is 6.59. The highest BCUT2D eigenvalue weighted by Gasteiger charge is 2.41. The van der Waals surface area contributed by atoms with Gasteiger partial charge in [0.1, 0.15) is 11.5 Å². The van der Waals surface area contributed by atoms with Gasteiger partial charge in [0, 0.05) is 22.6 Å². The maximum absolute atomic E-state index is 6.31. The first-order valence-electron chi connectivity index (χ1n) is 8.71. The van der Waals surface area contributed by atoms with E-state index in [1.807, 2.05) is 30.3 Å². The van der Waals surface area contributed by atoms with Gasteiger partial charge in [0.15, 0.2) is 0 Å². The molecule has 136 valence electrons. The first-order chi connectivity index (χ1) is 13.2. The summed E-state index contributed by atoms with van der Waals surface area (Å²) < 4.78 is 11.6. The third kappa shape index (κ3) is 2.87. The minimum Gasteiger partial charge on any atom is -0.497 e. The topological polar surface area (TPSA) is 34.1 Å². The van der Waals surface area contributed by atoms with E-state index in [9.17, 15) is 0 Å². The van der Waals surface area contributed by atoms with Crippen molar-refractivity contribution >= 4 is 28.6 Å². The Morgan fingerprint density at radius 3 is 2.78 bits per heavy atom. The Morgan fingerprint density at radius 1 is 1.19 bits per heavy atom. The summed E-state index contributed by atoms with van der Waals surface area (Å²) in [6.07, 6.45) is 0.578. The Bertz CT molecular complexity index is 1000. The normalized spacial score (nSPS) is 20.5. The number of methoxy groups -OCH3 is 1. The fraction of sp³-hybridized carbons (Fsp3) is 0.190. The van der Waals surface area contributed by atoms with Crippen LogP contribution in [-0.4, -0.2) is 17.8 Å². The molecule has 0 radical (unpaired) electrons. The van der Waals surface area contributed by atoms with Gasteiger partial charge in [-0.2, -0.15) is 16.4 Å². The monoisotopic (exact) mass is 396 g/mol. The highest BCUT2D eigenvalue weighted by atomic mass is 35.5. The standard InChI is InChI=1S/C21H17ClN2O2S/c1-25-16-5-2-13(3-6-16)18-11-19-17-10-15(22)4-7-20(17)26-21(24(19)23-18)14-8-9-27-12-14/h2-10,12,19,21H,11H2,1H3/t19-,21+/m1/s1. The molecule has 0 bridgehead atoms. The molecule has 3 heterocycles. The van der Waals surface area contributed by atoms with Crippen molar-refractivity contribution in [3.63, 3.8) is 0 Å². The van der Waals surface area contributed by atoms with Gasteiger partial charge in [-0.25, -0.2) is 5.01 Å². The second-order valence-corrected chi connectivity index (χ2v) is 7.80. The molecular formula is C21H17ClN2O2S. The van der Waals surface area contributed by atoms with Crippen LogP contribution in [0.4, 0.5) is 0 Å². The molecule has 2 atom stereocenters. The summed E-state index contributed by atoms with van der Waals surface area (Å²) in [5.41, 5.74) is 4.34. The summed E-state index contributed by atoms with van der Waals surface area (Å²) >= 11 is 7.93. The Labute approximate surface area is 166 Å². The number of rotatable bonds is 3. The van der Waals surface area contributed by atoms with Crippen LogP contribution >= 0.6 is 22.9 Å². The fourth-order valence-corrected chi connectivity index (χ4v) is 4.50. The van der Waals surface area contributed by atoms with Crippen LogP contribution in [-0.2, 0) is 0 Å². The van der Waals surface area contributed by atoms with Crippen LogP contribution in [0, 0.1) is 0 Å². The molecule has 2 aliphatic heterocycles. The average molecular weight is 397 g/mol. The SMILES string of the molecule is COc1ccc(C2=NN3[C@H](C2)c2cc(Cl)ccc2O[C@H]3c2ccsc2)cc1. The average Bonchev–Trinajstić information content (AvgIpc) is 3.38.